The van der Waals surface area contributed by atoms with E-state index in [1.807, 2.05) is 24.3 Å². The van der Waals surface area contributed by atoms with Crippen LogP contribution in [-0.4, -0.2) is 27.8 Å². The zero-order valence-corrected chi connectivity index (χ0v) is 11.1. The Labute approximate surface area is 120 Å². The second kappa shape index (κ2) is 5.62. The topological polar surface area (TPSA) is 88.2 Å². The van der Waals surface area contributed by atoms with Crippen molar-refractivity contribution >= 4 is 22.4 Å². The van der Waals surface area contributed by atoms with Crippen LogP contribution in [0.1, 0.15) is 16.2 Å². The Kier molecular flexibility index (Phi) is 3.51. The number of nitrogens with one attached hydrogen (secondary N) is 1. The molecule has 21 heavy (non-hydrogen) atoms. The average molecular weight is 283 g/mol. The predicted molar refractivity (Wildman–Crippen MR) is 77.4 cm³/mol. The van der Waals surface area contributed by atoms with Gasteiger partial charge in [0, 0.05) is 24.0 Å². The van der Waals surface area contributed by atoms with E-state index in [0.717, 1.165) is 16.5 Å². The summed E-state index contributed by atoms with van der Waals surface area (Å²) in [5.74, 6) is -0.293. The maximum atomic E-state index is 11.2. The predicted octanol–water partition coefficient (Wildman–Crippen LogP) is 2.58. The third-order valence-corrected chi connectivity index (χ3v) is 3.23. The molecular weight excluding hydrogens is 270 g/mol. The first kappa shape index (κ1) is 13.1. The number of hydrogen-bond acceptors (Lipinski definition) is 5. The minimum atomic E-state index is -0.926. The molecule has 3 aromatic rings. The molecule has 0 saturated carbocycles. The smallest absolute Gasteiger partial charge is 0.336 e. The highest BCUT2D eigenvalue weighted by Crippen LogP contribution is 2.26. The van der Waals surface area contributed by atoms with Crippen LogP contribution in [0, 0.1) is 0 Å². The van der Waals surface area contributed by atoms with Crippen LogP contribution >= 0.6 is 0 Å². The molecule has 2 N–H and O–H groups in total. The van der Waals surface area contributed by atoms with Gasteiger partial charge in [0.1, 0.15) is 0 Å². The lowest BCUT2D eigenvalue weighted by Gasteiger charge is -2.10. The van der Waals surface area contributed by atoms with Gasteiger partial charge in [-0.15, -0.1) is 0 Å². The molecule has 1 aromatic heterocycles. The van der Waals surface area contributed by atoms with Gasteiger partial charge in [0.15, 0.2) is 5.82 Å². The molecule has 0 aliphatic heterocycles. The van der Waals surface area contributed by atoms with E-state index in [2.05, 4.69) is 20.0 Å². The summed E-state index contributed by atoms with van der Waals surface area (Å²) in [5, 5.41) is 17.8. The van der Waals surface area contributed by atoms with Gasteiger partial charge in [-0.05, 0) is 17.5 Å². The van der Waals surface area contributed by atoms with E-state index >= 15 is 0 Å². The number of hydrogen-bond donors (Lipinski definition) is 2. The fourth-order valence-electron chi connectivity index (χ4n) is 2.25. The van der Waals surface area contributed by atoms with Crippen LogP contribution < -0.4 is 5.32 Å². The molecule has 0 bridgehead atoms. The van der Waals surface area contributed by atoms with Crippen molar-refractivity contribution in [2.24, 2.45) is 0 Å². The first-order valence-electron chi connectivity index (χ1n) is 6.50. The van der Waals surface area contributed by atoms with Gasteiger partial charge in [-0.2, -0.15) is 4.98 Å². The normalized spacial score (nSPS) is 10.7. The molecule has 0 atom stereocenters. The Bertz CT molecular complexity index is 769. The van der Waals surface area contributed by atoms with E-state index in [9.17, 15) is 9.90 Å². The maximum Gasteiger partial charge on any atom is 0.336 e. The Morgan fingerprint density at radius 2 is 2.00 bits per heavy atom. The number of rotatable bonds is 5. The minimum Gasteiger partial charge on any atom is -0.478 e. The number of fused-ring (bicyclic) bond motifs is 1. The van der Waals surface area contributed by atoms with E-state index in [-0.39, 0.29) is 0 Å². The van der Waals surface area contributed by atoms with Crippen LogP contribution in [0.3, 0.4) is 0 Å². The van der Waals surface area contributed by atoms with Crippen LogP contribution in [0.25, 0.3) is 10.8 Å². The monoisotopic (exact) mass is 283 g/mol. The largest absolute Gasteiger partial charge is 0.478 e. The molecule has 0 radical (unpaired) electrons. The number of anilines is 1. The first-order valence-corrected chi connectivity index (χ1v) is 6.50. The van der Waals surface area contributed by atoms with Crippen LogP contribution in [-0.2, 0) is 6.42 Å². The Balaban J connectivity index is 1.85. The SMILES string of the molecule is O=C(O)c1ccc(NCCc2ncon2)c2ccccc12. The first-order chi connectivity index (χ1) is 10.3. The summed E-state index contributed by atoms with van der Waals surface area (Å²) in [6.45, 7) is 0.635. The van der Waals surface area contributed by atoms with Crippen LogP contribution in [0.5, 0.6) is 0 Å². The number of carboxylic acids is 1. The maximum absolute atomic E-state index is 11.2. The molecule has 1 heterocycles. The standard InChI is InChI=1S/C15H13N3O3/c19-15(20)12-5-6-13(11-4-2-1-3-10(11)12)16-8-7-14-17-9-21-18-14/h1-6,9,16H,7-8H2,(H,19,20). The van der Waals surface area contributed by atoms with Crippen molar-refractivity contribution in [1.82, 2.24) is 10.1 Å². The fraction of sp³-hybridized carbons (Fsp3) is 0.133. The molecule has 0 spiro atoms. The van der Waals surface area contributed by atoms with E-state index in [4.69, 9.17) is 0 Å². The van der Waals surface area contributed by atoms with Gasteiger partial charge in [0.05, 0.1) is 5.56 Å². The highest BCUT2D eigenvalue weighted by molar-refractivity contribution is 6.07. The Morgan fingerprint density at radius 1 is 1.19 bits per heavy atom. The third-order valence-electron chi connectivity index (χ3n) is 3.23. The van der Waals surface area contributed by atoms with Gasteiger partial charge in [0.2, 0.25) is 6.39 Å². The summed E-state index contributed by atoms with van der Waals surface area (Å²) in [7, 11) is 0. The summed E-state index contributed by atoms with van der Waals surface area (Å²) in [6.07, 6.45) is 1.93. The van der Waals surface area contributed by atoms with Gasteiger partial charge in [-0.1, -0.05) is 29.4 Å². The molecule has 2 aromatic carbocycles. The number of benzene rings is 2. The summed E-state index contributed by atoms with van der Waals surface area (Å²) in [4.78, 5) is 15.2. The quantitative estimate of drug-likeness (QED) is 0.748. The summed E-state index contributed by atoms with van der Waals surface area (Å²) < 4.78 is 4.68. The van der Waals surface area contributed by atoms with Gasteiger partial charge >= 0.3 is 5.97 Å². The lowest BCUT2D eigenvalue weighted by atomic mass is 10.0. The third kappa shape index (κ3) is 2.69. The minimum absolute atomic E-state index is 0.300. The van der Waals surface area contributed by atoms with E-state index in [1.54, 1.807) is 12.1 Å². The molecule has 0 fully saturated rings. The second-order valence-electron chi connectivity index (χ2n) is 4.54. The molecule has 6 heteroatoms. The van der Waals surface area contributed by atoms with E-state index in [1.165, 1.54) is 6.39 Å². The van der Waals surface area contributed by atoms with Gasteiger partial charge in [-0.3, -0.25) is 0 Å². The fourth-order valence-corrected chi connectivity index (χ4v) is 2.25. The molecule has 6 nitrogen and oxygen atoms in total. The molecule has 3 rings (SSSR count). The van der Waals surface area contributed by atoms with Gasteiger partial charge < -0.3 is 14.9 Å². The number of aromatic nitrogens is 2. The lowest BCUT2D eigenvalue weighted by Crippen LogP contribution is -2.07. The molecule has 0 aliphatic carbocycles. The second-order valence-corrected chi connectivity index (χ2v) is 4.54. The molecule has 0 amide bonds. The molecule has 0 saturated heterocycles. The Morgan fingerprint density at radius 3 is 2.71 bits per heavy atom. The van der Waals surface area contributed by atoms with E-state index < -0.39 is 5.97 Å². The van der Waals surface area contributed by atoms with E-state index in [0.29, 0.717) is 24.4 Å². The van der Waals surface area contributed by atoms with Crippen molar-refractivity contribution in [3.63, 3.8) is 0 Å². The number of carboxylic acid groups (broad SMARTS) is 1. The summed E-state index contributed by atoms with van der Waals surface area (Å²) in [6, 6.07) is 10.8. The van der Waals surface area contributed by atoms with Crippen molar-refractivity contribution < 1.29 is 14.4 Å². The van der Waals surface area contributed by atoms with Gasteiger partial charge in [-0.25, -0.2) is 4.79 Å². The molecular formula is C15H13N3O3. The van der Waals surface area contributed by atoms with Crippen LogP contribution in [0.15, 0.2) is 47.3 Å². The summed E-state index contributed by atoms with van der Waals surface area (Å²) >= 11 is 0. The average Bonchev–Trinajstić information content (AvgIpc) is 3.00. The van der Waals surface area contributed by atoms with Crippen molar-refractivity contribution in [2.75, 3.05) is 11.9 Å². The zero-order chi connectivity index (χ0) is 14.7. The molecule has 0 aliphatic rings. The van der Waals surface area contributed by atoms with Crippen molar-refractivity contribution in [3.8, 4) is 0 Å². The summed E-state index contributed by atoms with van der Waals surface area (Å²) in [5.41, 5.74) is 1.19. The number of aromatic carboxylic acids is 1. The molecule has 106 valence electrons. The van der Waals surface area contributed by atoms with Gasteiger partial charge in [0.25, 0.3) is 0 Å². The number of carbonyl (C=O) groups is 1. The van der Waals surface area contributed by atoms with Crippen LogP contribution in [0.2, 0.25) is 0 Å². The lowest BCUT2D eigenvalue weighted by molar-refractivity contribution is 0.0699. The Hall–Kier alpha value is -2.89. The highest BCUT2D eigenvalue weighted by Gasteiger charge is 2.10. The van der Waals surface area contributed by atoms with Crippen molar-refractivity contribution in [3.05, 3.63) is 54.2 Å². The number of nitrogens with zero attached hydrogens (tertiary/aromatic N) is 2. The molecule has 0 unspecified atom stereocenters. The van der Waals surface area contributed by atoms with Crippen LogP contribution in [0.4, 0.5) is 5.69 Å². The highest BCUT2D eigenvalue weighted by atomic mass is 16.5. The van der Waals surface area contributed by atoms with Crippen molar-refractivity contribution in [2.45, 2.75) is 6.42 Å². The van der Waals surface area contributed by atoms with Crippen molar-refractivity contribution in [1.29, 1.82) is 0 Å². The zero-order valence-electron chi connectivity index (χ0n) is 11.1.